The first-order chi connectivity index (χ1) is 8.48. The highest BCUT2D eigenvalue weighted by atomic mass is 19.4. The summed E-state index contributed by atoms with van der Waals surface area (Å²) >= 11 is 0. The summed E-state index contributed by atoms with van der Waals surface area (Å²) in [5.41, 5.74) is 0. The third-order valence-corrected chi connectivity index (χ3v) is 2.63. The number of carbonyl (C=O) groups excluding carboxylic acids is 1. The molecule has 0 fully saturated rings. The van der Waals surface area contributed by atoms with Gasteiger partial charge in [0.2, 0.25) is 0 Å². The fraction of sp³-hybridized carbons (Fsp3) is 0.917. The van der Waals surface area contributed by atoms with Crippen LogP contribution in [0.25, 0.3) is 0 Å². The van der Waals surface area contributed by atoms with Gasteiger partial charge in [-0.25, -0.2) is 0 Å². The zero-order valence-electron chi connectivity index (χ0n) is 10.6. The molecule has 1 amide bonds. The first-order valence-corrected chi connectivity index (χ1v) is 6.44. The minimum Gasteiger partial charge on any atom is -0.396 e. The van der Waals surface area contributed by atoms with Gasteiger partial charge >= 0.3 is 12.1 Å². The van der Waals surface area contributed by atoms with Gasteiger partial charge in [0.15, 0.2) is 0 Å². The van der Waals surface area contributed by atoms with E-state index in [1.807, 2.05) is 5.32 Å². The molecule has 2 N–H and O–H groups in total. The van der Waals surface area contributed by atoms with E-state index in [9.17, 15) is 18.0 Å². The predicted molar refractivity (Wildman–Crippen MR) is 63.1 cm³/mol. The van der Waals surface area contributed by atoms with Gasteiger partial charge in [-0.15, -0.1) is 0 Å². The number of aliphatic hydroxyl groups excluding tert-OH is 1. The fourth-order valence-electron chi connectivity index (χ4n) is 1.60. The molecule has 0 aromatic rings. The van der Waals surface area contributed by atoms with Crippen molar-refractivity contribution in [2.24, 2.45) is 0 Å². The summed E-state index contributed by atoms with van der Waals surface area (Å²) in [5, 5.41) is 10.4. The van der Waals surface area contributed by atoms with Crippen LogP contribution in [0, 0.1) is 0 Å². The lowest BCUT2D eigenvalue weighted by molar-refractivity contribution is -0.173. The van der Waals surface area contributed by atoms with E-state index in [0.29, 0.717) is 6.42 Å². The Morgan fingerprint density at radius 1 is 0.889 bits per heavy atom. The summed E-state index contributed by atoms with van der Waals surface area (Å²) in [4.78, 5) is 10.4. The Kier molecular flexibility index (Phi) is 9.73. The molecule has 0 saturated carbocycles. The van der Waals surface area contributed by atoms with E-state index in [1.165, 1.54) is 0 Å². The van der Waals surface area contributed by atoms with Crippen LogP contribution in [-0.4, -0.2) is 30.3 Å². The van der Waals surface area contributed by atoms with Crippen molar-refractivity contribution >= 4 is 5.91 Å². The van der Waals surface area contributed by atoms with Gasteiger partial charge in [0.1, 0.15) is 0 Å². The van der Waals surface area contributed by atoms with Crippen LogP contribution in [0.15, 0.2) is 0 Å². The Balaban J connectivity index is 3.19. The number of halogens is 3. The Hall–Kier alpha value is -0.780. The van der Waals surface area contributed by atoms with E-state index in [2.05, 4.69) is 0 Å². The maximum Gasteiger partial charge on any atom is 0.471 e. The molecule has 108 valence electrons. The van der Waals surface area contributed by atoms with Crippen LogP contribution in [0.2, 0.25) is 0 Å². The molecule has 0 aromatic carbocycles. The largest absolute Gasteiger partial charge is 0.471 e. The predicted octanol–water partition coefficient (Wildman–Crippen LogP) is 2.78. The molecule has 18 heavy (non-hydrogen) atoms. The number of aliphatic hydroxyl groups is 1. The molecule has 0 atom stereocenters. The van der Waals surface area contributed by atoms with Crippen molar-refractivity contribution in [1.29, 1.82) is 0 Å². The molecule has 0 radical (unpaired) electrons. The summed E-state index contributed by atoms with van der Waals surface area (Å²) in [6.45, 7) is 0.321. The third kappa shape index (κ3) is 10.4. The first-order valence-electron chi connectivity index (χ1n) is 6.44. The molecule has 0 heterocycles. The normalized spacial score (nSPS) is 11.6. The van der Waals surface area contributed by atoms with Crippen molar-refractivity contribution in [3.05, 3.63) is 0 Å². The van der Waals surface area contributed by atoms with Gasteiger partial charge in [-0.1, -0.05) is 38.5 Å². The molecule has 0 aliphatic rings. The van der Waals surface area contributed by atoms with Gasteiger partial charge in [0.05, 0.1) is 0 Å². The lowest BCUT2D eigenvalue weighted by Crippen LogP contribution is -2.37. The van der Waals surface area contributed by atoms with Gasteiger partial charge < -0.3 is 10.4 Å². The van der Waals surface area contributed by atoms with Crippen LogP contribution in [-0.2, 0) is 4.79 Å². The smallest absolute Gasteiger partial charge is 0.396 e. The van der Waals surface area contributed by atoms with Crippen molar-refractivity contribution in [1.82, 2.24) is 5.32 Å². The zero-order chi connectivity index (χ0) is 13.9. The Labute approximate surface area is 106 Å². The molecule has 0 rings (SSSR count). The molecule has 0 aliphatic heterocycles. The van der Waals surface area contributed by atoms with Crippen molar-refractivity contribution in [3.63, 3.8) is 0 Å². The van der Waals surface area contributed by atoms with Crippen LogP contribution in [0.1, 0.15) is 51.4 Å². The topological polar surface area (TPSA) is 49.3 Å². The second-order valence-corrected chi connectivity index (χ2v) is 4.31. The van der Waals surface area contributed by atoms with Gasteiger partial charge in [0, 0.05) is 13.2 Å². The molecule has 0 bridgehead atoms. The van der Waals surface area contributed by atoms with Gasteiger partial charge in [-0.05, 0) is 12.8 Å². The van der Waals surface area contributed by atoms with Gasteiger partial charge in [-0.2, -0.15) is 13.2 Å². The van der Waals surface area contributed by atoms with Crippen molar-refractivity contribution in [2.75, 3.05) is 13.2 Å². The highest BCUT2D eigenvalue weighted by Gasteiger charge is 2.38. The van der Waals surface area contributed by atoms with E-state index in [4.69, 9.17) is 5.11 Å². The molecule has 0 saturated heterocycles. The highest BCUT2D eigenvalue weighted by molar-refractivity contribution is 5.81. The summed E-state index contributed by atoms with van der Waals surface area (Å²) in [6.07, 6.45) is 2.71. The van der Waals surface area contributed by atoms with Crippen LogP contribution in [0.3, 0.4) is 0 Å². The lowest BCUT2D eigenvalue weighted by atomic mass is 10.1. The van der Waals surface area contributed by atoms with Crippen molar-refractivity contribution < 1.29 is 23.1 Å². The zero-order valence-corrected chi connectivity index (χ0v) is 10.6. The minimum atomic E-state index is -4.77. The van der Waals surface area contributed by atoms with Gasteiger partial charge in [0.25, 0.3) is 0 Å². The maximum atomic E-state index is 11.8. The minimum absolute atomic E-state index is 0.0862. The summed E-state index contributed by atoms with van der Waals surface area (Å²) < 4.78 is 35.4. The molecule has 0 unspecified atom stereocenters. The number of unbranched alkanes of at least 4 members (excludes halogenated alkanes) is 7. The lowest BCUT2D eigenvalue weighted by Gasteiger charge is -2.07. The highest BCUT2D eigenvalue weighted by Crippen LogP contribution is 2.14. The summed E-state index contributed by atoms with van der Waals surface area (Å²) in [7, 11) is 0. The third-order valence-electron chi connectivity index (χ3n) is 2.63. The number of nitrogens with one attached hydrogen (secondary N) is 1. The first kappa shape index (κ1) is 17.2. The molecule has 0 aromatic heterocycles. The maximum absolute atomic E-state index is 11.8. The quantitative estimate of drug-likeness (QED) is 0.599. The molecule has 3 nitrogen and oxygen atoms in total. The summed E-state index contributed by atoms with van der Waals surface area (Å²) in [5.74, 6) is -1.86. The van der Waals surface area contributed by atoms with Crippen molar-refractivity contribution in [2.45, 2.75) is 57.5 Å². The van der Waals surface area contributed by atoms with Gasteiger partial charge in [-0.3, -0.25) is 4.79 Å². The molecular weight excluding hydrogens is 247 g/mol. The second-order valence-electron chi connectivity index (χ2n) is 4.31. The number of hydrogen-bond donors (Lipinski definition) is 2. The Morgan fingerprint density at radius 2 is 1.33 bits per heavy atom. The number of amides is 1. The van der Waals surface area contributed by atoms with Crippen LogP contribution in [0.4, 0.5) is 13.2 Å². The number of carbonyl (C=O) groups is 1. The Bertz CT molecular complexity index is 220. The van der Waals surface area contributed by atoms with E-state index >= 15 is 0 Å². The van der Waals surface area contributed by atoms with E-state index in [0.717, 1.165) is 44.9 Å². The second kappa shape index (κ2) is 10.2. The van der Waals surface area contributed by atoms with Crippen LogP contribution >= 0.6 is 0 Å². The number of hydrogen-bond acceptors (Lipinski definition) is 2. The number of alkyl halides is 3. The number of rotatable bonds is 10. The van der Waals surface area contributed by atoms with Crippen LogP contribution in [0.5, 0.6) is 0 Å². The van der Waals surface area contributed by atoms with E-state index < -0.39 is 12.1 Å². The van der Waals surface area contributed by atoms with Crippen LogP contribution < -0.4 is 5.32 Å². The molecule has 0 spiro atoms. The standard InChI is InChI=1S/C12H22F3NO2/c13-12(14,15)11(18)16-9-7-5-3-1-2-4-6-8-10-17/h17H,1-10H2,(H,16,18). The molecule has 6 heteroatoms. The van der Waals surface area contributed by atoms with E-state index in [-0.39, 0.29) is 13.2 Å². The monoisotopic (exact) mass is 269 g/mol. The summed E-state index contributed by atoms with van der Waals surface area (Å²) in [6, 6.07) is 0. The average Bonchev–Trinajstić information content (AvgIpc) is 2.30. The SMILES string of the molecule is O=C(NCCCCCCCCCCO)C(F)(F)F. The fourth-order valence-corrected chi connectivity index (χ4v) is 1.60. The molecule has 0 aliphatic carbocycles. The van der Waals surface area contributed by atoms with E-state index in [1.54, 1.807) is 0 Å². The molecular formula is C12H22F3NO2. The Morgan fingerprint density at radius 3 is 1.78 bits per heavy atom. The van der Waals surface area contributed by atoms with Crippen molar-refractivity contribution in [3.8, 4) is 0 Å². The average molecular weight is 269 g/mol.